The van der Waals surface area contributed by atoms with Gasteiger partial charge in [0.25, 0.3) is 0 Å². The molecule has 1 N–H and O–H groups in total. The van der Waals surface area contributed by atoms with E-state index in [1.807, 2.05) is 36.4 Å². The minimum atomic E-state index is -0.488. The second-order valence-electron chi connectivity index (χ2n) is 8.86. The number of fused-ring (bicyclic) bond motifs is 2. The number of rotatable bonds is 4. The van der Waals surface area contributed by atoms with E-state index in [1.54, 1.807) is 0 Å². The Kier molecular flexibility index (Phi) is 6.78. The van der Waals surface area contributed by atoms with Crippen molar-refractivity contribution in [2.45, 2.75) is 52.1 Å². The third-order valence-corrected chi connectivity index (χ3v) is 6.95. The van der Waals surface area contributed by atoms with Gasteiger partial charge in [-0.2, -0.15) is 0 Å². The van der Waals surface area contributed by atoms with Gasteiger partial charge in [-0.05, 0) is 64.4 Å². The third-order valence-electron chi connectivity index (χ3n) is 5.97. The first-order chi connectivity index (χ1) is 15.3. The Morgan fingerprint density at radius 1 is 0.906 bits per heavy atom. The fourth-order valence-corrected chi connectivity index (χ4v) is 5.10. The Hall–Kier alpha value is -2.11. The van der Waals surface area contributed by atoms with Crippen LogP contribution in [0.3, 0.4) is 0 Å². The second-order valence-corrected chi connectivity index (χ2v) is 10.7. The Morgan fingerprint density at radius 3 is 2.12 bits per heavy atom. The maximum absolute atomic E-state index is 14.0. The van der Waals surface area contributed by atoms with Gasteiger partial charge < -0.3 is 10.1 Å². The molecule has 0 aliphatic carbocycles. The molecule has 1 unspecified atom stereocenters. The lowest BCUT2D eigenvalue weighted by molar-refractivity contribution is -0.116. The summed E-state index contributed by atoms with van der Waals surface area (Å²) in [6.07, 6.45) is 0. The van der Waals surface area contributed by atoms with Crippen molar-refractivity contribution in [1.29, 1.82) is 0 Å². The summed E-state index contributed by atoms with van der Waals surface area (Å²) in [6.45, 7) is 9.07. The summed E-state index contributed by atoms with van der Waals surface area (Å²) in [6, 6.07) is 18.2. The zero-order chi connectivity index (χ0) is 23.0. The van der Waals surface area contributed by atoms with E-state index in [-0.39, 0.29) is 5.91 Å². The van der Waals surface area contributed by atoms with E-state index < -0.39 is 5.92 Å². The highest BCUT2D eigenvalue weighted by atomic mass is 79.9. The number of para-hydroxylation sites is 1. The number of carbonyl (C=O) groups is 1. The third kappa shape index (κ3) is 4.51. The number of hydrogen-bond acceptors (Lipinski definition) is 2. The van der Waals surface area contributed by atoms with Crippen LogP contribution in [0, 0.1) is 0 Å². The van der Waals surface area contributed by atoms with Crippen LogP contribution in [0.1, 0.15) is 73.3 Å². The minimum Gasteiger partial charge on any atom is -0.489 e. The van der Waals surface area contributed by atoms with E-state index in [2.05, 4.69) is 83.1 Å². The molecule has 4 rings (SSSR count). The topological polar surface area (TPSA) is 38.3 Å². The molecule has 1 aliphatic heterocycles. The molecule has 3 nitrogen and oxygen atoms in total. The molecule has 0 fully saturated rings. The number of carbonyl (C=O) groups excluding carboxylic acids is 1. The quantitative estimate of drug-likeness (QED) is 0.352. The van der Waals surface area contributed by atoms with Gasteiger partial charge in [-0.15, -0.1) is 0 Å². The molecule has 166 valence electrons. The van der Waals surface area contributed by atoms with Crippen LogP contribution >= 0.6 is 31.9 Å². The summed E-state index contributed by atoms with van der Waals surface area (Å²) in [5.41, 5.74) is 6.07. The molecular weight excluding hydrogens is 530 g/mol. The molecule has 0 bridgehead atoms. The Balaban J connectivity index is 1.87. The van der Waals surface area contributed by atoms with Crippen molar-refractivity contribution in [2.24, 2.45) is 0 Å². The van der Waals surface area contributed by atoms with Gasteiger partial charge >= 0.3 is 0 Å². The van der Waals surface area contributed by atoms with Crippen molar-refractivity contribution in [3.63, 3.8) is 0 Å². The smallest absolute Gasteiger partial charge is 0.236 e. The summed E-state index contributed by atoms with van der Waals surface area (Å²) >= 11 is 7.17. The highest BCUT2D eigenvalue weighted by Gasteiger charge is 2.32. The fraction of sp³-hybridized carbons (Fsp3) is 0.296. The van der Waals surface area contributed by atoms with Gasteiger partial charge in [-0.1, -0.05) is 83.8 Å². The zero-order valence-electron chi connectivity index (χ0n) is 18.7. The van der Waals surface area contributed by atoms with Crippen LogP contribution in [-0.4, -0.2) is 5.91 Å². The van der Waals surface area contributed by atoms with E-state index in [9.17, 15) is 4.79 Å². The summed E-state index contributed by atoms with van der Waals surface area (Å²) in [5, 5.41) is 3.33. The van der Waals surface area contributed by atoms with Crippen LogP contribution < -0.4 is 10.1 Å². The van der Waals surface area contributed by atoms with E-state index in [0.29, 0.717) is 18.4 Å². The lowest BCUT2D eigenvalue weighted by Gasteiger charge is -2.24. The lowest BCUT2D eigenvalue weighted by Crippen LogP contribution is -2.24. The molecule has 0 saturated carbocycles. The van der Waals surface area contributed by atoms with Crippen molar-refractivity contribution in [3.8, 4) is 5.75 Å². The molecular formula is C27H27Br2NO2. The van der Waals surface area contributed by atoms with E-state index >= 15 is 0 Å². The van der Waals surface area contributed by atoms with E-state index in [0.717, 1.165) is 48.2 Å². The minimum absolute atomic E-state index is 0.0517. The number of halogens is 2. The van der Waals surface area contributed by atoms with Crippen LogP contribution in [0.2, 0.25) is 0 Å². The molecule has 1 heterocycles. The average Bonchev–Trinajstić information content (AvgIpc) is 2.89. The number of hydrogen-bond donors (Lipinski definition) is 1. The molecule has 1 amide bonds. The first kappa shape index (κ1) is 23.1. The van der Waals surface area contributed by atoms with E-state index in [4.69, 9.17) is 4.74 Å². The molecule has 0 saturated heterocycles. The van der Waals surface area contributed by atoms with Crippen molar-refractivity contribution in [1.82, 2.24) is 0 Å². The number of amides is 1. The van der Waals surface area contributed by atoms with Crippen LogP contribution in [0.4, 0.5) is 5.69 Å². The first-order valence-electron chi connectivity index (χ1n) is 10.9. The number of ether oxygens (including phenoxy) is 1. The molecule has 0 radical (unpaired) electrons. The Labute approximate surface area is 206 Å². The maximum atomic E-state index is 14.0. The molecule has 0 spiro atoms. The van der Waals surface area contributed by atoms with Gasteiger partial charge in [-0.25, -0.2) is 0 Å². The second kappa shape index (κ2) is 9.40. The highest BCUT2D eigenvalue weighted by molar-refractivity contribution is 9.10. The average molecular weight is 557 g/mol. The van der Waals surface area contributed by atoms with Gasteiger partial charge in [0.2, 0.25) is 5.91 Å². The normalized spacial score (nSPS) is 15.1. The predicted molar refractivity (Wildman–Crippen MR) is 138 cm³/mol. The van der Waals surface area contributed by atoms with Crippen molar-refractivity contribution in [2.75, 3.05) is 5.32 Å². The van der Waals surface area contributed by atoms with Crippen LogP contribution in [0.5, 0.6) is 5.75 Å². The largest absolute Gasteiger partial charge is 0.489 e. The SMILES string of the molecule is CC(C)c1cccc(C(C)C)c1NC(=O)C1c2cc(Br)ccc2COc2ccc(Br)cc21. The molecule has 1 atom stereocenters. The monoisotopic (exact) mass is 555 g/mol. The van der Waals surface area contributed by atoms with Crippen LogP contribution in [0.15, 0.2) is 63.5 Å². The molecule has 0 aromatic heterocycles. The first-order valence-corrected chi connectivity index (χ1v) is 12.5. The maximum Gasteiger partial charge on any atom is 0.236 e. The fourth-order valence-electron chi connectivity index (χ4n) is 4.34. The lowest BCUT2D eigenvalue weighted by atomic mass is 9.87. The summed E-state index contributed by atoms with van der Waals surface area (Å²) < 4.78 is 7.97. The van der Waals surface area contributed by atoms with Gasteiger partial charge in [0.1, 0.15) is 12.4 Å². The summed E-state index contributed by atoms with van der Waals surface area (Å²) in [7, 11) is 0. The van der Waals surface area contributed by atoms with Gasteiger partial charge in [0.15, 0.2) is 0 Å². The van der Waals surface area contributed by atoms with Crippen molar-refractivity contribution >= 4 is 43.5 Å². The molecule has 3 aromatic carbocycles. The molecule has 5 heteroatoms. The Morgan fingerprint density at radius 2 is 1.50 bits per heavy atom. The van der Waals surface area contributed by atoms with Crippen molar-refractivity contribution in [3.05, 3.63) is 91.4 Å². The number of benzene rings is 3. The number of anilines is 1. The summed E-state index contributed by atoms with van der Waals surface area (Å²) in [5.74, 6) is 0.789. The van der Waals surface area contributed by atoms with Crippen molar-refractivity contribution < 1.29 is 9.53 Å². The van der Waals surface area contributed by atoms with Gasteiger partial charge in [0.05, 0.1) is 5.92 Å². The Bertz CT molecular complexity index is 1090. The predicted octanol–water partition coefficient (Wildman–Crippen LogP) is 8.12. The molecule has 32 heavy (non-hydrogen) atoms. The highest BCUT2D eigenvalue weighted by Crippen LogP contribution is 2.41. The van der Waals surface area contributed by atoms with E-state index in [1.165, 1.54) is 0 Å². The van der Waals surface area contributed by atoms with Gasteiger partial charge in [0, 0.05) is 20.2 Å². The van der Waals surface area contributed by atoms with Crippen LogP contribution in [-0.2, 0) is 11.4 Å². The number of nitrogens with one attached hydrogen (secondary N) is 1. The molecule has 1 aliphatic rings. The molecule has 3 aromatic rings. The zero-order valence-corrected chi connectivity index (χ0v) is 21.9. The van der Waals surface area contributed by atoms with Gasteiger partial charge in [-0.3, -0.25) is 4.79 Å². The summed E-state index contributed by atoms with van der Waals surface area (Å²) in [4.78, 5) is 14.0. The standard InChI is InChI=1S/C27H27Br2NO2/c1-15(2)20-6-5-7-21(16(3)4)26(20)30-27(31)25-22-12-18(28)9-8-17(22)14-32-24-11-10-19(29)13-23(24)25/h5-13,15-16,25H,14H2,1-4H3,(H,30,31). The van der Waals surface area contributed by atoms with Crippen LogP contribution in [0.25, 0.3) is 0 Å².